The minimum Gasteiger partial charge on any atom is -0.342 e. The average Bonchev–Trinajstić information content (AvgIpc) is 3.29. The van der Waals surface area contributed by atoms with Crippen LogP contribution in [0, 0.1) is 0 Å². The predicted molar refractivity (Wildman–Crippen MR) is 113 cm³/mol. The number of rotatable bonds is 9. The summed E-state index contributed by atoms with van der Waals surface area (Å²) in [5, 5.41) is 15.8. The molecule has 0 spiro atoms. The van der Waals surface area contributed by atoms with E-state index < -0.39 is 0 Å². The Labute approximate surface area is 173 Å². The number of likely N-dealkylation sites (N-methyl/N-ethyl adjacent to an activating group) is 1. The number of anilines is 1. The SMILES string of the molecule is CCN(CC)C(=O)Cn1ccc2cc(NC(=O)CCSc3nnnn3C)ccc21. The number of fused-ring (bicyclic) bond motifs is 1. The van der Waals surface area contributed by atoms with Crippen LogP contribution in [0.2, 0.25) is 0 Å². The van der Waals surface area contributed by atoms with E-state index >= 15 is 0 Å². The number of carbonyl (C=O) groups is 2. The van der Waals surface area contributed by atoms with Crippen LogP contribution in [0.5, 0.6) is 0 Å². The van der Waals surface area contributed by atoms with Gasteiger partial charge in [0.1, 0.15) is 6.54 Å². The molecule has 3 aromatic rings. The van der Waals surface area contributed by atoms with Gasteiger partial charge in [-0.05, 0) is 48.5 Å². The molecule has 2 aromatic heterocycles. The van der Waals surface area contributed by atoms with Crippen molar-refractivity contribution in [3.63, 3.8) is 0 Å². The van der Waals surface area contributed by atoms with E-state index in [1.807, 2.05) is 53.8 Å². The lowest BCUT2D eigenvalue weighted by molar-refractivity contribution is -0.131. The summed E-state index contributed by atoms with van der Waals surface area (Å²) in [5.41, 5.74) is 1.70. The zero-order chi connectivity index (χ0) is 20.8. The van der Waals surface area contributed by atoms with Crippen molar-refractivity contribution in [3.05, 3.63) is 30.5 Å². The average molecular weight is 416 g/mol. The molecule has 154 valence electrons. The lowest BCUT2D eigenvalue weighted by Gasteiger charge is -2.19. The van der Waals surface area contributed by atoms with Crippen LogP contribution in [0.25, 0.3) is 10.9 Å². The van der Waals surface area contributed by atoms with Crippen molar-refractivity contribution in [2.75, 3.05) is 24.2 Å². The molecule has 2 heterocycles. The van der Waals surface area contributed by atoms with Crippen molar-refractivity contribution in [1.82, 2.24) is 29.7 Å². The van der Waals surface area contributed by atoms with Gasteiger partial charge in [-0.1, -0.05) is 11.8 Å². The zero-order valence-electron chi connectivity index (χ0n) is 16.8. The summed E-state index contributed by atoms with van der Waals surface area (Å²) in [6.07, 6.45) is 2.26. The van der Waals surface area contributed by atoms with E-state index in [2.05, 4.69) is 20.8 Å². The van der Waals surface area contributed by atoms with Crippen molar-refractivity contribution >= 4 is 40.2 Å². The van der Waals surface area contributed by atoms with Crippen molar-refractivity contribution in [1.29, 1.82) is 0 Å². The third-order valence-electron chi connectivity index (χ3n) is 4.62. The molecule has 0 atom stereocenters. The Morgan fingerprint density at radius 3 is 2.69 bits per heavy atom. The standard InChI is InChI=1S/C19H25N7O2S/c1-4-25(5-2)18(28)13-26-10-8-14-12-15(6-7-16(14)26)20-17(27)9-11-29-19-21-22-23-24(19)3/h6-8,10,12H,4-5,9,11,13H2,1-3H3,(H,20,27). The molecule has 0 saturated carbocycles. The van der Waals surface area contributed by atoms with Crippen molar-refractivity contribution in [2.45, 2.75) is 32.0 Å². The fourth-order valence-corrected chi connectivity index (χ4v) is 3.83. The molecule has 0 unspecified atom stereocenters. The highest BCUT2D eigenvalue weighted by Crippen LogP contribution is 2.21. The first-order valence-electron chi connectivity index (χ1n) is 9.53. The summed E-state index contributed by atoms with van der Waals surface area (Å²) in [5.74, 6) is 0.621. The third kappa shape index (κ3) is 5.14. The topological polar surface area (TPSA) is 97.9 Å². The molecule has 29 heavy (non-hydrogen) atoms. The van der Waals surface area contributed by atoms with E-state index in [1.54, 1.807) is 11.7 Å². The molecule has 0 bridgehead atoms. The number of aromatic nitrogens is 5. The van der Waals surface area contributed by atoms with Crippen molar-refractivity contribution in [2.24, 2.45) is 7.05 Å². The van der Waals surface area contributed by atoms with Gasteiger partial charge < -0.3 is 14.8 Å². The summed E-state index contributed by atoms with van der Waals surface area (Å²) >= 11 is 1.44. The van der Waals surface area contributed by atoms with Gasteiger partial charge in [-0.15, -0.1) is 5.10 Å². The molecule has 0 aliphatic rings. The molecular formula is C19H25N7O2S. The van der Waals surface area contributed by atoms with Gasteiger partial charge >= 0.3 is 0 Å². The maximum absolute atomic E-state index is 12.4. The third-order valence-corrected chi connectivity index (χ3v) is 5.63. The largest absolute Gasteiger partial charge is 0.342 e. The first kappa shape index (κ1) is 20.8. The fourth-order valence-electron chi connectivity index (χ4n) is 3.04. The van der Waals surface area contributed by atoms with Crippen LogP contribution in [0.15, 0.2) is 35.6 Å². The molecular weight excluding hydrogens is 390 g/mol. The number of hydrogen-bond donors (Lipinski definition) is 1. The number of amides is 2. The lowest BCUT2D eigenvalue weighted by atomic mass is 10.2. The summed E-state index contributed by atoms with van der Waals surface area (Å²) in [6, 6.07) is 7.67. The minimum atomic E-state index is -0.0666. The molecule has 0 fully saturated rings. The number of nitrogens with zero attached hydrogens (tertiary/aromatic N) is 6. The van der Waals surface area contributed by atoms with Crippen LogP contribution in [-0.4, -0.2) is 60.3 Å². The number of hydrogen-bond acceptors (Lipinski definition) is 6. The van der Waals surface area contributed by atoms with Crippen molar-refractivity contribution < 1.29 is 9.59 Å². The highest BCUT2D eigenvalue weighted by atomic mass is 32.2. The molecule has 0 radical (unpaired) electrons. The zero-order valence-corrected chi connectivity index (χ0v) is 17.6. The Hall–Kier alpha value is -2.88. The van der Waals surface area contributed by atoms with Gasteiger partial charge in [0.2, 0.25) is 17.0 Å². The van der Waals surface area contributed by atoms with Crippen LogP contribution in [-0.2, 0) is 23.2 Å². The molecule has 1 aromatic carbocycles. The van der Waals surface area contributed by atoms with Crippen LogP contribution in [0.4, 0.5) is 5.69 Å². The number of tetrazole rings is 1. The number of aryl methyl sites for hydroxylation is 1. The second kappa shape index (κ2) is 9.55. The maximum atomic E-state index is 12.4. The van der Waals surface area contributed by atoms with E-state index in [-0.39, 0.29) is 11.8 Å². The molecule has 10 heteroatoms. The Morgan fingerprint density at radius 2 is 2.00 bits per heavy atom. The number of carbonyl (C=O) groups excluding carboxylic acids is 2. The van der Waals surface area contributed by atoms with E-state index in [0.29, 0.717) is 37.0 Å². The first-order valence-corrected chi connectivity index (χ1v) is 10.5. The monoisotopic (exact) mass is 415 g/mol. The molecule has 3 rings (SSSR count). The van der Waals surface area contributed by atoms with Crippen LogP contribution in [0.1, 0.15) is 20.3 Å². The highest BCUT2D eigenvalue weighted by Gasteiger charge is 2.12. The summed E-state index contributed by atoms with van der Waals surface area (Å²) < 4.78 is 3.51. The Balaban J connectivity index is 1.58. The summed E-state index contributed by atoms with van der Waals surface area (Å²) in [6.45, 7) is 5.68. The molecule has 9 nitrogen and oxygen atoms in total. The van der Waals surface area contributed by atoms with Crippen molar-refractivity contribution in [3.8, 4) is 0 Å². The second-order valence-electron chi connectivity index (χ2n) is 6.51. The molecule has 2 amide bonds. The quantitative estimate of drug-likeness (QED) is 0.538. The van der Waals surface area contributed by atoms with Crippen LogP contribution < -0.4 is 5.32 Å². The van der Waals surface area contributed by atoms with Gasteiger partial charge in [-0.3, -0.25) is 9.59 Å². The number of thioether (sulfide) groups is 1. The minimum absolute atomic E-state index is 0.0666. The highest BCUT2D eigenvalue weighted by molar-refractivity contribution is 7.99. The Kier molecular flexibility index (Phi) is 6.86. The van der Waals surface area contributed by atoms with Gasteiger partial charge in [-0.25, -0.2) is 4.68 Å². The Bertz CT molecular complexity index is 994. The summed E-state index contributed by atoms with van der Waals surface area (Å²) in [4.78, 5) is 26.4. The molecule has 0 aliphatic carbocycles. The number of nitrogens with one attached hydrogen (secondary N) is 1. The van der Waals surface area contributed by atoms with E-state index in [0.717, 1.165) is 16.6 Å². The smallest absolute Gasteiger partial charge is 0.242 e. The van der Waals surface area contributed by atoms with Gasteiger partial charge in [0, 0.05) is 55.1 Å². The fraction of sp³-hybridized carbons (Fsp3) is 0.421. The van der Waals surface area contributed by atoms with Gasteiger partial charge in [-0.2, -0.15) is 0 Å². The van der Waals surface area contributed by atoms with Gasteiger partial charge in [0.05, 0.1) is 0 Å². The summed E-state index contributed by atoms with van der Waals surface area (Å²) in [7, 11) is 1.76. The van der Waals surface area contributed by atoms with E-state index in [4.69, 9.17) is 0 Å². The van der Waals surface area contributed by atoms with Gasteiger partial charge in [0.25, 0.3) is 0 Å². The van der Waals surface area contributed by atoms with Crippen LogP contribution in [0.3, 0.4) is 0 Å². The van der Waals surface area contributed by atoms with Gasteiger partial charge in [0.15, 0.2) is 0 Å². The van der Waals surface area contributed by atoms with E-state index in [9.17, 15) is 9.59 Å². The molecule has 0 saturated heterocycles. The second-order valence-corrected chi connectivity index (χ2v) is 7.58. The molecule has 1 N–H and O–H groups in total. The van der Waals surface area contributed by atoms with E-state index in [1.165, 1.54) is 11.8 Å². The Morgan fingerprint density at radius 1 is 1.21 bits per heavy atom. The lowest BCUT2D eigenvalue weighted by Crippen LogP contribution is -2.33. The number of benzene rings is 1. The van der Waals surface area contributed by atoms with Crippen LogP contribution >= 0.6 is 11.8 Å². The maximum Gasteiger partial charge on any atom is 0.242 e. The first-order chi connectivity index (χ1) is 14.0. The molecule has 0 aliphatic heterocycles. The normalized spacial score (nSPS) is 11.0. The predicted octanol–water partition coefficient (Wildman–Crippen LogP) is 2.15.